The smallest absolute Gasteiger partial charge is 0.366 e. The van der Waals surface area contributed by atoms with E-state index in [1.807, 2.05) is 30.3 Å². The van der Waals surface area contributed by atoms with E-state index in [2.05, 4.69) is 5.92 Å². The zero-order valence-electron chi connectivity index (χ0n) is 5.40. The third-order valence-electron chi connectivity index (χ3n) is 0.918. The quantitative estimate of drug-likeness (QED) is 0.442. The van der Waals surface area contributed by atoms with Crippen molar-refractivity contribution in [2.75, 3.05) is 0 Å². The standard InChI is InChI=1S/C8H5.Au.H3N/c1-2-8-6-4-3-5-7-8;;/h3-7H;;1H3/q-1;+1;. The van der Waals surface area contributed by atoms with E-state index in [9.17, 15) is 0 Å². The molecule has 10 heavy (non-hydrogen) atoms. The van der Waals surface area contributed by atoms with Crippen molar-refractivity contribution in [2.45, 2.75) is 0 Å². The number of hydrogen-bond acceptors (Lipinski definition) is 1. The van der Waals surface area contributed by atoms with Gasteiger partial charge in [-0.05, 0) is 0 Å². The summed E-state index contributed by atoms with van der Waals surface area (Å²) in [6, 6.07) is 9.37. The number of rotatable bonds is 0. The molecule has 0 fully saturated rings. The zero-order chi connectivity index (χ0) is 5.82. The number of benzene rings is 1. The van der Waals surface area contributed by atoms with Gasteiger partial charge in [0.15, 0.2) is 0 Å². The second-order valence-corrected chi connectivity index (χ2v) is 1.49. The van der Waals surface area contributed by atoms with Gasteiger partial charge in [-0.15, -0.1) is 17.7 Å². The molecule has 0 unspecified atom stereocenters. The molecule has 1 rings (SSSR count). The van der Waals surface area contributed by atoms with Gasteiger partial charge in [0.1, 0.15) is 0 Å². The first-order valence-electron chi connectivity index (χ1n) is 2.41. The molecule has 0 aliphatic carbocycles. The van der Waals surface area contributed by atoms with Crippen molar-refractivity contribution in [1.29, 1.82) is 0 Å². The molecule has 0 atom stereocenters. The first-order chi connectivity index (χ1) is 3.93. The molecule has 0 saturated carbocycles. The molecule has 2 heteroatoms. The largest absolute Gasteiger partial charge is 1.00 e. The van der Waals surface area contributed by atoms with E-state index < -0.39 is 0 Å². The van der Waals surface area contributed by atoms with Gasteiger partial charge in [0.25, 0.3) is 0 Å². The maximum Gasteiger partial charge on any atom is 1.00 e. The van der Waals surface area contributed by atoms with Crippen LogP contribution in [0.25, 0.3) is 0 Å². The van der Waals surface area contributed by atoms with Crippen LogP contribution in [-0.4, -0.2) is 0 Å². The predicted molar refractivity (Wildman–Crippen MR) is 37.7 cm³/mol. The molecule has 0 saturated heterocycles. The van der Waals surface area contributed by atoms with Crippen LogP contribution in [0.3, 0.4) is 0 Å². The van der Waals surface area contributed by atoms with Crippen molar-refractivity contribution in [3.05, 3.63) is 42.3 Å². The van der Waals surface area contributed by atoms with Crippen LogP contribution in [0.5, 0.6) is 0 Å². The van der Waals surface area contributed by atoms with Crippen molar-refractivity contribution in [2.24, 2.45) is 0 Å². The molecule has 0 aliphatic rings. The Morgan fingerprint density at radius 1 is 1.10 bits per heavy atom. The summed E-state index contributed by atoms with van der Waals surface area (Å²) in [7, 11) is 0. The Kier molecular flexibility index (Phi) is 8.04. The van der Waals surface area contributed by atoms with Crippen LogP contribution in [-0.2, 0) is 22.4 Å². The minimum absolute atomic E-state index is 0. The van der Waals surface area contributed by atoms with E-state index in [1.54, 1.807) is 0 Å². The molecule has 0 spiro atoms. The van der Waals surface area contributed by atoms with Crippen molar-refractivity contribution in [1.82, 2.24) is 6.15 Å². The van der Waals surface area contributed by atoms with E-state index in [0.29, 0.717) is 0 Å². The number of hydrogen-bond donors (Lipinski definition) is 1. The molecular formula is C8H8AuN. The summed E-state index contributed by atoms with van der Waals surface area (Å²) in [5.74, 6) is 2.28. The van der Waals surface area contributed by atoms with Gasteiger partial charge in [0.2, 0.25) is 0 Å². The third-order valence-corrected chi connectivity index (χ3v) is 0.918. The van der Waals surface area contributed by atoms with Crippen LogP contribution in [0.15, 0.2) is 30.3 Å². The van der Waals surface area contributed by atoms with Crippen molar-refractivity contribution >= 4 is 0 Å². The Morgan fingerprint density at radius 3 is 1.90 bits per heavy atom. The average Bonchev–Trinajstić information content (AvgIpc) is 1.90. The van der Waals surface area contributed by atoms with Crippen molar-refractivity contribution in [3.63, 3.8) is 0 Å². The van der Waals surface area contributed by atoms with Crippen molar-refractivity contribution < 1.29 is 22.4 Å². The molecule has 0 aromatic heterocycles. The van der Waals surface area contributed by atoms with E-state index in [-0.39, 0.29) is 28.5 Å². The SMILES string of the molecule is N.[Au+].[C-]#Cc1ccccc1. The molecule has 1 aromatic rings. The van der Waals surface area contributed by atoms with E-state index >= 15 is 0 Å². The predicted octanol–water partition coefficient (Wildman–Crippen LogP) is 1.78. The molecule has 0 heterocycles. The molecule has 0 bridgehead atoms. The van der Waals surface area contributed by atoms with E-state index in [0.717, 1.165) is 5.56 Å². The normalized spacial score (nSPS) is 6.30. The van der Waals surface area contributed by atoms with Gasteiger partial charge in [-0.25, -0.2) is 0 Å². The molecule has 3 N–H and O–H groups in total. The van der Waals surface area contributed by atoms with Crippen LogP contribution < -0.4 is 6.15 Å². The minimum atomic E-state index is 0. The fourth-order valence-electron chi connectivity index (χ4n) is 0.521. The summed E-state index contributed by atoms with van der Waals surface area (Å²) in [4.78, 5) is 0. The van der Waals surface area contributed by atoms with Gasteiger partial charge in [-0.3, -0.25) is 5.92 Å². The van der Waals surface area contributed by atoms with Gasteiger partial charge in [-0.2, -0.15) is 0 Å². The maximum absolute atomic E-state index is 6.69. The van der Waals surface area contributed by atoms with Crippen LogP contribution in [0.4, 0.5) is 0 Å². The van der Waals surface area contributed by atoms with Gasteiger partial charge < -0.3 is 12.6 Å². The van der Waals surface area contributed by atoms with Crippen molar-refractivity contribution in [3.8, 4) is 5.92 Å². The molecule has 0 aliphatic heterocycles. The summed E-state index contributed by atoms with van der Waals surface area (Å²) in [5.41, 5.74) is 0.826. The minimum Gasteiger partial charge on any atom is -0.366 e. The summed E-state index contributed by atoms with van der Waals surface area (Å²) in [5, 5.41) is 0. The topological polar surface area (TPSA) is 35.0 Å². The summed E-state index contributed by atoms with van der Waals surface area (Å²) in [6.45, 7) is 0. The Balaban J connectivity index is 0. The zero-order valence-corrected chi connectivity index (χ0v) is 7.56. The molecule has 56 valence electrons. The van der Waals surface area contributed by atoms with Crippen LogP contribution >= 0.6 is 0 Å². The fourth-order valence-corrected chi connectivity index (χ4v) is 0.521. The monoisotopic (exact) mass is 315 g/mol. The first-order valence-corrected chi connectivity index (χ1v) is 2.41. The van der Waals surface area contributed by atoms with Crippen LogP contribution in [0, 0.1) is 12.3 Å². The second kappa shape index (κ2) is 6.60. The Bertz CT molecular complexity index is 200. The molecule has 0 amide bonds. The fraction of sp³-hybridized carbons (Fsp3) is 0. The van der Waals surface area contributed by atoms with E-state index in [1.165, 1.54) is 0 Å². The Labute approximate surface area is 76.9 Å². The van der Waals surface area contributed by atoms with Gasteiger partial charge >= 0.3 is 22.4 Å². The van der Waals surface area contributed by atoms with Gasteiger partial charge in [0, 0.05) is 0 Å². The third kappa shape index (κ3) is 3.50. The Hall–Kier alpha value is -0.520. The molecule has 0 radical (unpaired) electrons. The first kappa shape index (κ1) is 12.2. The van der Waals surface area contributed by atoms with Crippen LogP contribution in [0.2, 0.25) is 0 Å². The van der Waals surface area contributed by atoms with Crippen LogP contribution in [0.1, 0.15) is 5.56 Å². The Morgan fingerprint density at radius 2 is 1.60 bits per heavy atom. The molecular weight excluding hydrogens is 307 g/mol. The molecule has 1 nitrogen and oxygen atoms in total. The summed E-state index contributed by atoms with van der Waals surface area (Å²) < 4.78 is 0. The summed E-state index contributed by atoms with van der Waals surface area (Å²) >= 11 is 0. The van der Waals surface area contributed by atoms with E-state index in [4.69, 9.17) is 6.42 Å². The molecule has 1 aromatic carbocycles. The van der Waals surface area contributed by atoms with Gasteiger partial charge in [0.05, 0.1) is 0 Å². The average molecular weight is 315 g/mol. The maximum atomic E-state index is 6.69. The second-order valence-electron chi connectivity index (χ2n) is 1.49. The van der Waals surface area contributed by atoms with Gasteiger partial charge in [-0.1, -0.05) is 18.2 Å². The summed E-state index contributed by atoms with van der Waals surface area (Å²) in [6.07, 6.45) is 6.69.